The van der Waals surface area contributed by atoms with Gasteiger partial charge in [-0.2, -0.15) is 4.98 Å². The van der Waals surface area contributed by atoms with Crippen LogP contribution in [-0.2, 0) is 0 Å². The highest BCUT2D eigenvalue weighted by molar-refractivity contribution is 7.12. The summed E-state index contributed by atoms with van der Waals surface area (Å²) in [5.74, 6) is -1.40. The number of amides is 1. The Balaban J connectivity index is 2.11. The fourth-order valence-electron chi connectivity index (χ4n) is 0.975. The fourth-order valence-corrected chi connectivity index (χ4v) is 1.66. The van der Waals surface area contributed by atoms with E-state index in [4.69, 9.17) is 5.11 Å². The van der Waals surface area contributed by atoms with Crippen molar-refractivity contribution in [1.82, 2.24) is 15.1 Å². The molecule has 0 aliphatic heterocycles. The quantitative estimate of drug-likeness (QED) is 0.830. The van der Waals surface area contributed by atoms with Gasteiger partial charge in [0.1, 0.15) is 0 Å². The summed E-state index contributed by atoms with van der Waals surface area (Å²) in [6.07, 6.45) is 0. The number of nitrogens with one attached hydrogen (secondary N) is 1. The summed E-state index contributed by atoms with van der Waals surface area (Å²) in [6, 6.07) is -0.0559. The Morgan fingerprint density at radius 1 is 1.47 bits per heavy atom. The van der Waals surface area contributed by atoms with Crippen LogP contribution in [0, 0.1) is 6.92 Å². The summed E-state index contributed by atoms with van der Waals surface area (Å²) in [6.45, 7) is 1.60. The Morgan fingerprint density at radius 2 is 2.24 bits per heavy atom. The number of carboxylic acids is 1. The van der Waals surface area contributed by atoms with Crippen LogP contribution < -0.4 is 5.32 Å². The van der Waals surface area contributed by atoms with Crippen LogP contribution in [0.25, 0.3) is 0 Å². The largest absolute Gasteiger partial charge is 0.476 e. The average Bonchev–Trinajstić information content (AvgIpc) is 2.86. The molecule has 0 radical (unpaired) electrons. The number of carbonyl (C=O) groups excluding carboxylic acids is 1. The first-order valence-corrected chi connectivity index (χ1v) is 5.24. The minimum absolute atomic E-state index is 0.0123. The predicted molar refractivity (Wildman–Crippen MR) is 56.1 cm³/mol. The molecule has 0 aliphatic rings. The number of nitrogens with zero attached hydrogens (tertiary/aromatic N) is 3. The van der Waals surface area contributed by atoms with Crippen LogP contribution in [0.2, 0.25) is 0 Å². The van der Waals surface area contributed by atoms with Gasteiger partial charge in [0.2, 0.25) is 0 Å². The topological polar surface area (TPSA) is 118 Å². The third kappa shape index (κ3) is 2.45. The number of hydrogen-bond donors (Lipinski definition) is 2. The van der Waals surface area contributed by atoms with E-state index in [2.05, 4.69) is 25.0 Å². The number of anilines is 1. The molecule has 2 rings (SSSR count). The van der Waals surface area contributed by atoms with Crippen LogP contribution in [-0.4, -0.2) is 32.1 Å². The standard InChI is InChI=1S/C8H6N4O4S/c1-3-9-8(16-12-3)11-5(13)6-10-4(2-17-6)7(14)15/h2H,1H3,(H,14,15)(H,9,11,12,13). The number of hydrogen-bond acceptors (Lipinski definition) is 7. The van der Waals surface area contributed by atoms with Crippen molar-refractivity contribution in [3.05, 3.63) is 21.9 Å². The van der Waals surface area contributed by atoms with Crippen LogP contribution in [0.1, 0.15) is 26.1 Å². The molecule has 0 aliphatic carbocycles. The summed E-state index contributed by atoms with van der Waals surface area (Å²) < 4.78 is 4.68. The van der Waals surface area contributed by atoms with E-state index >= 15 is 0 Å². The Morgan fingerprint density at radius 3 is 2.76 bits per heavy atom. The molecule has 2 N–H and O–H groups in total. The highest BCUT2D eigenvalue weighted by Crippen LogP contribution is 2.12. The van der Waals surface area contributed by atoms with Gasteiger partial charge >= 0.3 is 12.0 Å². The first-order valence-electron chi connectivity index (χ1n) is 4.37. The third-order valence-electron chi connectivity index (χ3n) is 1.67. The second kappa shape index (κ2) is 4.29. The second-order valence-electron chi connectivity index (χ2n) is 2.94. The molecule has 0 unspecified atom stereocenters. The van der Waals surface area contributed by atoms with Crippen LogP contribution in [0.3, 0.4) is 0 Å². The van der Waals surface area contributed by atoms with Gasteiger partial charge in [-0.05, 0) is 6.92 Å². The number of aromatic nitrogens is 3. The van der Waals surface area contributed by atoms with E-state index in [1.807, 2.05) is 0 Å². The Labute approximate surface area is 98.3 Å². The molecule has 2 aromatic rings. The molecule has 0 fully saturated rings. The van der Waals surface area contributed by atoms with Crippen molar-refractivity contribution in [2.45, 2.75) is 6.92 Å². The van der Waals surface area contributed by atoms with E-state index in [1.165, 1.54) is 5.38 Å². The SMILES string of the molecule is Cc1noc(NC(=O)c2nc(C(=O)O)cs2)n1. The summed E-state index contributed by atoms with van der Waals surface area (Å²) in [4.78, 5) is 29.5. The molecule has 9 heteroatoms. The van der Waals surface area contributed by atoms with Gasteiger partial charge in [0, 0.05) is 5.38 Å². The first-order chi connectivity index (χ1) is 8.06. The number of aryl methyl sites for hydroxylation is 1. The lowest BCUT2D eigenvalue weighted by molar-refractivity contribution is 0.0691. The minimum atomic E-state index is -1.19. The molecule has 0 atom stereocenters. The molecule has 0 aromatic carbocycles. The van der Waals surface area contributed by atoms with Gasteiger partial charge in [-0.3, -0.25) is 10.1 Å². The number of rotatable bonds is 3. The van der Waals surface area contributed by atoms with Gasteiger partial charge < -0.3 is 9.63 Å². The van der Waals surface area contributed by atoms with Gasteiger partial charge in [0.15, 0.2) is 16.5 Å². The zero-order valence-electron chi connectivity index (χ0n) is 8.50. The normalized spacial score (nSPS) is 10.2. The summed E-state index contributed by atoms with van der Waals surface area (Å²) in [7, 11) is 0. The molecule has 2 aromatic heterocycles. The van der Waals surface area contributed by atoms with E-state index in [1.54, 1.807) is 6.92 Å². The van der Waals surface area contributed by atoms with Crippen LogP contribution in [0.4, 0.5) is 6.01 Å². The maximum absolute atomic E-state index is 11.6. The fraction of sp³-hybridized carbons (Fsp3) is 0.125. The zero-order valence-corrected chi connectivity index (χ0v) is 9.32. The molecule has 2 heterocycles. The van der Waals surface area contributed by atoms with Gasteiger partial charge in [-0.15, -0.1) is 11.3 Å². The van der Waals surface area contributed by atoms with Crippen molar-refractivity contribution in [1.29, 1.82) is 0 Å². The van der Waals surface area contributed by atoms with Crippen molar-refractivity contribution < 1.29 is 19.2 Å². The first kappa shape index (κ1) is 11.2. The molecule has 0 spiro atoms. The maximum Gasteiger partial charge on any atom is 0.355 e. The lowest BCUT2D eigenvalue weighted by atomic mass is 10.5. The lowest BCUT2D eigenvalue weighted by Gasteiger charge is -1.94. The second-order valence-corrected chi connectivity index (χ2v) is 3.80. The van der Waals surface area contributed by atoms with Gasteiger partial charge in [0.05, 0.1) is 0 Å². The smallest absolute Gasteiger partial charge is 0.355 e. The van der Waals surface area contributed by atoms with E-state index in [0.29, 0.717) is 5.82 Å². The average molecular weight is 254 g/mol. The molecular formula is C8H6N4O4S. The van der Waals surface area contributed by atoms with E-state index in [-0.39, 0.29) is 16.7 Å². The predicted octanol–water partition coefficient (Wildman–Crippen LogP) is 0.785. The molecule has 0 bridgehead atoms. The van der Waals surface area contributed by atoms with E-state index < -0.39 is 11.9 Å². The van der Waals surface area contributed by atoms with Crippen molar-refractivity contribution in [3.8, 4) is 0 Å². The third-order valence-corrected chi connectivity index (χ3v) is 2.51. The molecule has 0 saturated heterocycles. The maximum atomic E-state index is 11.6. The van der Waals surface area contributed by atoms with E-state index in [0.717, 1.165) is 11.3 Å². The Kier molecular flexibility index (Phi) is 2.83. The van der Waals surface area contributed by atoms with Crippen LogP contribution in [0.15, 0.2) is 9.90 Å². The molecule has 88 valence electrons. The van der Waals surface area contributed by atoms with Crippen molar-refractivity contribution in [2.24, 2.45) is 0 Å². The minimum Gasteiger partial charge on any atom is -0.476 e. The van der Waals surface area contributed by atoms with Crippen LogP contribution in [0.5, 0.6) is 0 Å². The highest BCUT2D eigenvalue weighted by Gasteiger charge is 2.16. The molecule has 0 saturated carbocycles. The number of aromatic carboxylic acids is 1. The molecule has 1 amide bonds. The number of thiazole rings is 1. The van der Waals surface area contributed by atoms with Crippen LogP contribution >= 0.6 is 11.3 Å². The van der Waals surface area contributed by atoms with E-state index in [9.17, 15) is 9.59 Å². The molecule has 17 heavy (non-hydrogen) atoms. The van der Waals surface area contributed by atoms with Gasteiger partial charge in [0.25, 0.3) is 5.91 Å². The monoisotopic (exact) mass is 254 g/mol. The highest BCUT2D eigenvalue weighted by atomic mass is 32.1. The summed E-state index contributed by atoms with van der Waals surface area (Å²) >= 11 is 0.918. The Bertz CT molecular complexity index is 576. The van der Waals surface area contributed by atoms with Crippen molar-refractivity contribution in [3.63, 3.8) is 0 Å². The molecular weight excluding hydrogens is 248 g/mol. The van der Waals surface area contributed by atoms with Crippen molar-refractivity contribution >= 4 is 29.2 Å². The lowest BCUT2D eigenvalue weighted by Crippen LogP contribution is -2.12. The number of carboxylic acid groups (broad SMARTS) is 1. The number of carbonyl (C=O) groups is 2. The van der Waals surface area contributed by atoms with Gasteiger partial charge in [-0.25, -0.2) is 9.78 Å². The van der Waals surface area contributed by atoms with Crippen molar-refractivity contribution in [2.75, 3.05) is 5.32 Å². The molecule has 8 nitrogen and oxygen atoms in total. The van der Waals surface area contributed by atoms with Gasteiger partial charge in [-0.1, -0.05) is 5.16 Å². The zero-order chi connectivity index (χ0) is 12.4. The summed E-state index contributed by atoms with van der Waals surface area (Å²) in [5, 5.41) is 15.7. The summed E-state index contributed by atoms with van der Waals surface area (Å²) in [5.41, 5.74) is -0.179. The Hall–Kier alpha value is -2.29.